The lowest BCUT2D eigenvalue weighted by Crippen LogP contribution is -2.01. The Morgan fingerprint density at radius 2 is 1.24 bits per heavy atom. The summed E-state index contributed by atoms with van der Waals surface area (Å²) in [5, 5.41) is 9.49. The number of aliphatic hydroxyl groups is 1. The van der Waals surface area contributed by atoms with Gasteiger partial charge in [-0.2, -0.15) is 0 Å². The highest BCUT2D eigenvalue weighted by Gasteiger charge is 2.15. The van der Waals surface area contributed by atoms with Gasteiger partial charge in [0.05, 0.1) is 0 Å². The van der Waals surface area contributed by atoms with Crippen molar-refractivity contribution in [2.45, 2.75) is 34.1 Å². The van der Waals surface area contributed by atoms with Gasteiger partial charge in [0.1, 0.15) is 0 Å². The molecule has 1 radical (unpaired) electrons. The van der Waals surface area contributed by atoms with Gasteiger partial charge in [0.2, 0.25) is 0 Å². The molecule has 0 heterocycles. The fourth-order valence-corrected chi connectivity index (χ4v) is 3.42. The summed E-state index contributed by atoms with van der Waals surface area (Å²) in [4.78, 5) is 0. The van der Waals surface area contributed by atoms with Crippen molar-refractivity contribution in [3.05, 3.63) is 82.4 Å². The van der Waals surface area contributed by atoms with Gasteiger partial charge < -0.3 is 5.11 Å². The molecule has 1 nitrogen and oxygen atoms in total. The van der Waals surface area contributed by atoms with E-state index in [0.29, 0.717) is 6.42 Å². The van der Waals surface area contributed by atoms with Gasteiger partial charge in [-0.15, -0.1) is 0 Å². The Morgan fingerprint density at radius 3 is 1.76 bits per heavy atom. The molecule has 0 aliphatic rings. The molecule has 127 valence electrons. The number of hydrogen-bond donors (Lipinski definition) is 1. The molecule has 25 heavy (non-hydrogen) atoms. The molecule has 3 aromatic rings. The number of aryl methyl sites for hydroxylation is 2. The van der Waals surface area contributed by atoms with Crippen LogP contribution in [0, 0.1) is 33.8 Å². The summed E-state index contributed by atoms with van der Waals surface area (Å²) in [6.45, 7) is 8.67. The van der Waals surface area contributed by atoms with Crippen LogP contribution in [0.5, 0.6) is 0 Å². The average Bonchev–Trinajstić information content (AvgIpc) is 2.60. The highest BCUT2D eigenvalue weighted by molar-refractivity contribution is 5.81. The molecule has 3 rings (SSSR count). The van der Waals surface area contributed by atoms with Gasteiger partial charge in [0.15, 0.2) is 0 Å². The van der Waals surface area contributed by atoms with Crippen molar-refractivity contribution in [2.75, 3.05) is 6.61 Å². The highest BCUT2D eigenvalue weighted by atomic mass is 16.2. The smallest absolute Gasteiger partial charge is 0.0471 e. The lowest BCUT2D eigenvalue weighted by molar-refractivity contribution is 0.299. The first-order chi connectivity index (χ1) is 12.0. The minimum atomic E-state index is 0.140. The summed E-state index contributed by atoms with van der Waals surface area (Å²) in [5.74, 6) is 0. The third-order valence-electron chi connectivity index (χ3n) is 4.90. The molecule has 0 aliphatic carbocycles. The van der Waals surface area contributed by atoms with E-state index in [1.807, 2.05) is 0 Å². The summed E-state index contributed by atoms with van der Waals surface area (Å²) in [6.07, 6.45) is 0.629. The molecule has 0 saturated heterocycles. The summed E-state index contributed by atoms with van der Waals surface area (Å²) in [6, 6.07) is 20.9. The normalized spacial score (nSPS) is 10.9. The van der Waals surface area contributed by atoms with E-state index in [2.05, 4.69) is 82.3 Å². The Hall–Kier alpha value is -2.38. The molecule has 0 aromatic heterocycles. The summed E-state index contributed by atoms with van der Waals surface area (Å²) < 4.78 is 0. The van der Waals surface area contributed by atoms with Crippen LogP contribution in [-0.4, -0.2) is 11.7 Å². The number of aliphatic hydroxyl groups excluding tert-OH is 1. The van der Waals surface area contributed by atoms with Crippen molar-refractivity contribution in [3.8, 4) is 22.3 Å². The average molecular weight is 329 g/mol. The second-order valence-electron chi connectivity index (χ2n) is 6.81. The van der Waals surface area contributed by atoms with Crippen molar-refractivity contribution in [1.29, 1.82) is 0 Å². The van der Waals surface area contributed by atoms with Gasteiger partial charge in [-0.1, -0.05) is 59.7 Å². The second kappa shape index (κ2) is 7.25. The van der Waals surface area contributed by atoms with E-state index in [0.717, 1.165) is 11.1 Å². The maximum absolute atomic E-state index is 9.49. The van der Waals surface area contributed by atoms with E-state index < -0.39 is 0 Å². The molecule has 0 aliphatic heterocycles. The van der Waals surface area contributed by atoms with Gasteiger partial charge in [-0.25, -0.2) is 0 Å². The Bertz CT molecular complexity index is 871. The lowest BCUT2D eigenvalue weighted by Gasteiger charge is -2.19. The molecule has 0 spiro atoms. The quantitative estimate of drug-likeness (QED) is 0.661. The third kappa shape index (κ3) is 3.52. The molecule has 0 atom stereocenters. The Morgan fingerprint density at radius 1 is 0.720 bits per heavy atom. The van der Waals surface area contributed by atoms with Gasteiger partial charge in [-0.05, 0) is 79.1 Å². The van der Waals surface area contributed by atoms with Crippen LogP contribution in [0.3, 0.4) is 0 Å². The molecule has 0 amide bonds. The zero-order valence-electron chi connectivity index (χ0n) is 15.5. The summed E-state index contributed by atoms with van der Waals surface area (Å²) >= 11 is 0. The van der Waals surface area contributed by atoms with Crippen LogP contribution in [0.25, 0.3) is 22.3 Å². The first-order valence-corrected chi connectivity index (χ1v) is 8.81. The molecular formula is C24H25O. The molecule has 1 N–H and O–H groups in total. The van der Waals surface area contributed by atoms with Crippen LogP contribution in [-0.2, 0) is 6.42 Å². The van der Waals surface area contributed by atoms with Crippen LogP contribution >= 0.6 is 0 Å². The first-order valence-electron chi connectivity index (χ1n) is 8.81. The number of hydrogen-bond acceptors (Lipinski definition) is 1. The molecule has 0 saturated carbocycles. The molecule has 0 bridgehead atoms. The van der Waals surface area contributed by atoms with E-state index in [1.165, 1.54) is 38.9 Å². The van der Waals surface area contributed by atoms with E-state index in [-0.39, 0.29) is 6.61 Å². The molecule has 3 aromatic carbocycles. The minimum Gasteiger partial charge on any atom is -0.396 e. The standard InChI is InChI=1S/C24H25O/c1-16-5-9-20(10-6-16)23-15-22(13-14-25)18(3)24(19(23)4)21-11-7-17(2)8-12-21/h5-12,25H,13-14H2,1-4H3. The zero-order valence-corrected chi connectivity index (χ0v) is 15.5. The van der Waals surface area contributed by atoms with Crippen LogP contribution < -0.4 is 0 Å². The SMILES string of the molecule is Cc1ccc(-c2[c]c(CCO)c(C)c(-c3ccc(C)cc3)c2C)cc1. The topological polar surface area (TPSA) is 20.2 Å². The van der Waals surface area contributed by atoms with Crippen LogP contribution in [0.2, 0.25) is 0 Å². The Balaban J connectivity index is 2.25. The summed E-state index contributed by atoms with van der Waals surface area (Å²) in [7, 11) is 0. The Kier molecular flexibility index (Phi) is 5.06. The molecule has 0 unspecified atom stereocenters. The molecule has 0 fully saturated rings. The Labute approximate surface area is 151 Å². The predicted octanol–water partition coefficient (Wildman–Crippen LogP) is 5.59. The lowest BCUT2D eigenvalue weighted by atomic mass is 9.85. The molecular weight excluding hydrogens is 304 g/mol. The van der Waals surface area contributed by atoms with E-state index in [1.54, 1.807) is 0 Å². The monoisotopic (exact) mass is 329 g/mol. The molecule has 1 heteroatoms. The van der Waals surface area contributed by atoms with Crippen LogP contribution in [0.1, 0.15) is 27.8 Å². The van der Waals surface area contributed by atoms with Crippen molar-refractivity contribution < 1.29 is 5.11 Å². The first kappa shape index (κ1) is 17.4. The van der Waals surface area contributed by atoms with Crippen LogP contribution in [0.4, 0.5) is 0 Å². The number of rotatable bonds is 4. The van der Waals surface area contributed by atoms with Crippen molar-refractivity contribution >= 4 is 0 Å². The predicted molar refractivity (Wildman–Crippen MR) is 106 cm³/mol. The highest BCUT2D eigenvalue weighted by Crippen LogP contribution is 2.36. The zero-order chi connectivity index (χ0) is 18.0. The van der Waals surface area contributed by atoms with Gasteiger partial charge >= 0.3 is 0 Å². The minimum absolute atomic E-state index is 0.140. The second-order valence-corrected chi connectivity index (χ2v) is 6.81. The van der Waals surface area contributed by atoms with Crippen molar-refractivity contribution in [3.63, 3.8) is 0 Å². The van der Waals surface area contributed by atoms with E-state index >= 15 is 0 Å². The maximum atomic E-state index is 9.49. The van der Waals surface area contributed by atoms with E-state index in [4.69, 9.17) is 0 Å². The fraction of sp³-hybridized carbons (Fsp3) is 0.250. The largest absolute Gasteiger partial charge is 0.396 e. The third-order valence-corrected chi connectivity index (χ3v) is 4.90. The maximum Gasteiger partial charge on any atom is 0.0471 e. The fourth-order valence-electron chi connectivity index (χ4n) is 3.42. The summed E-state index contributed by atoms with van der Waals surface area (Å²) in [5.41, 5.74) is 10.9. The van der Waals surface area contributed by atoms with Gasteiger partial charge in [0, 0.05) is 6.61 Å². The van der Waals surface area contributed by atoms with Gasteiger partial charge in [0.25, 0.3) is 0 Å². The van der Waals surface area contributed by atoms with Crippen molar-refractivity contribution in [1.82, 2.24) is 0 Å². The number of benzene rings is 3. The van der Waals surface area contributed by atoms with E-state index in [9.17, 15) is 5.11 Å². The van der Waals surface area contributed by atoms with Gasteiger partial charge in [-0.3, -0.25) is 0 Å². The van der Waals surface area contributed by atoms with Crippen LogP contribution in [0.15, 0.2) is 48.5 Å². The van der Waals surface area contributed by atoms with Crippen molar-refractivity contribution in [2.24, 2.45) is 0 Å².